The second-order valence-corrected chi connectivity index (χ2v) is 7.36. The highest BCUT2D eigenvalue weighted by Crippen LogP contribution is 2.26. The third-order valence-electron chi connectivity index (χ3n) is 5.37. The second-order valence-electron chi connectivity index (χ2n) is 7.36. The van der Waals surface area contributed by atoms with Crippen LogP contribution in [0.2, 0.25) is 0 Å². The molecule has 8 heteroatoms. The number of methoxy groups -OCH3 is 1. The maximum atomic E-state index is 12.8. The van der Waals surface area contributed by atoms with Gasteiger partial charge < -0.3 is 19.5 Å². The molecule has 1 saturated heterocycles. The van der Waals surface area contributed by atoms with Gasteiger partial charge in [0.05, 0.1) is 24.9 Å². The van der Waals surface area contributed by atoms with E-state index in [-0.39, 0.29) is 18.5 Å². The van der Waals surface area contributed by atoms with Crippen molar-refractivity contribution >= 4 is 5.91 Å². The van der Waals surface area contributed by atoms with E-state index < -0.39 is 0 Å². The molecule has 3 heterocycles. The van der Waals surface area contributed by atoms with Gasteiger partial charge in [0.15, 0.2) is 0 Å². The number of amides is 1. The SMILES string of the molecule is COc1cccc(Oc2ncccc2CNC(=O)c2cnn(C3CCOCC3)c2C)c1. The molecule has 0 aliphatic carbocycles. The average molecular weight is 422 g/mol. The minimum atomic E-state index is -0.174. The summed E-state index contributed by atoms with van der Waals surface area (Å²) < 4.78 is 18.5. The minimum Gasteiger partial charge on any atom is -0.497 e. The monoisotopic (exact) mass is 422 g/mol. The van der Waals surface area contributed by atoms with E-state index in [4.69, 9.17) is 14.2 Å². The number of carbonyl (C=O) groups is 1. The standard InChI is InChI=1S/C23H26N4O4/c1-16-21(15-26-27(16)18-8-11-30-12-9-18)22(28)25-14-17-5-4-10-24-23(17)31-20-7-3-6-19(13-20)29-2/h3-7,10,13,15,18H,8-9,11-12,14H2,1-2H3,(H,25,28). The number of aromatic nitrogens is 3. The van der Waals surface area contributed by atoms with Crippen LogP contribution < -0.4 is 14.8 Å². The van der Waals surface area contributed by atoms with Crippen LogP contribution in [0.4, 0.5) is 0 Å². The van der Waals surface area contributed by atoms with E-state index in [1.807, 2.05) is 41.9 Å². The van der Waals surface area contributed by atoms with Crippen LogP contribution in [0.3, 0.4) is 0 Å². The lowest BCUT2D eigenvalue weighted by Crippen LogP contribution is -2.25. The lowest BCUT2D eigenvalue weighted by atomic mass is 10.1. The van der Waals surface area contributed by atoms with E-state index in [2.05, 4.69) is 15.4 Å². The first-order valence-corrected chi connectivity index (χ1v) is 10.3. The van der Waals surface area contributed by atoms with Gasteiger partial charge >= 0.3 is 0 Å². The fourth-order valence-corrected chi connectivity index (χ4v) is 3.64. The van der Waals surface area contributed by atoms with Crippen molar-refractivity contribution < 1.29 is 19.0 Å². The smallest absolute Gasteiger partial charge is 0.255 e. The van der Waals surface area contributed by atoms with Gasteiger partial charge in [-0.15, -0.1) is 0 Å². The molecule has 0 atom stereocenters. The van der Waals surface area contributed by atoms with Gasteiger partial charge in [-0.3, -0.25) is 9.48 Å². The van der Waals surface area contributed by atoms with Gasteiger partial charge in [0, 0.05) is 43.3 Å². The fourth-order valence-electron chi connectivity index (χ4n) is 3.64. The molecule has 1 aromatic carbocycles. The van der Waals surface area contributed by atoms with E-state index in [0.717, 1.165) is 37.3 Å². The predicted octanol–water partition coefficient (Wildman–Crippen LogP) is 3.67. The summed E-state index contributed by atoms with van der Waals surface area (Å²) in [5.41, 5.74) is 2.21. The quantitative estimate of drug-likeness (QED) is 0.625. The number of pyridine rings is 1. The fraction of sp³-hybridized carbons (Fsp3) is 0.348. The van der Waals surface area contributed by atoms with Crippen molar-refractivity contribution in [1.29, 1.82) is 0 Å². The van der Waals surface area contributed by atoms with Gasteiger partial charge in [-0.05, 0) is 38.0 Å². The molecular formula is C23H26N4O4. The number of nitrogens with one attached hydrogen (secondary N) is 1. The van der Waals surface area contributed by atoms with Crippen molar-refractivity contribution in [3.63, 3.8) is 0 Å². The van der Waals surface area contributed by atoms with Crippen LogP contribution in [0.5, 0.6) is 17.4 Å². The van der Waals surface area contributed by atoms with E-state index in [1.54, 1.807) is 25.6 Å². The van der Waals surface area contributed by atoms with Crippen molar-refractivity contribution in [2.24, 2.45) is 0 Å². The molecular weight excluding hydrogens is 396 g/mol. The van der Waals surface area contributed by atoms with Crippen LogP contribution in [0.1, 0.15) is 40.5 Å². The highest BCUT2D eigenvalue weighted by molar-refractivity contribution is 5.95. The Bertz CT molecular complexity index is 1040. The third-order valence-corrected chi connectivity index (χ3v) is 5.37. The van der Waals surface area contributed by atoms with Gasteiger partial charge in [0.1, 0.15) is 11.5 Å². The number of carbonyl (C=O) groups excluding carboxylic acids is 1. The zero-order valence-electron chi connectivity index (χ0n) is 17.7. The summed E-state index contributed by atoms with van der Waals surface area (Å²) in [5, 5.41) is 7.42. The Kier molecular flexibility index (Phi) is 6.47. The Morgan fingerprint density at radius 3 is 2.84 bits per heavy atom. The first-order valence-electron chi connectivity index (χ1n) is 10.3. The number of hydrogen-bond donors (Lipinski definition) is 1. The number of ether oxygens (including phenoxy) is 3. The molecule has 0 radical (unpaired) electrons. The molecule has 31 heavy (non-hydrogen) atoms. The molecule has 1 amide bonds. The minimum absolute atomic E-state index is 0.174. The molecule has 1 N–H and O–H groups in total. The third kappa shape index (κ3) is 4.86. The maximum Gasteiger partial charge on any atom is 0.255 e. The van der Waals surface area contributed by atoms with Crippen molar-refractivity contribution in [2.75, 3.05) is 20.3 Å². The zero-order valence-corrected chi connectivity index (χ0v) is 17.7. The van der Waals surface area contributed by atoms with E-state index in [9.17, 15) is 4.79 Å². The molecule has 0 saturated carbocycles. The van der Waals surface area contributed by atoms with Crippen LogP contribution in [0, 0.1) is 6.92 Å². The van der Waals surface area contributed by atoms with Gasteiger partial charge in [0.25, 0.3) is 5.91 Å². The summed E-state index contributed by atoms with van der Waals surface area (Å²) in [6.07, 6.45) is 5.11. The summed E-state index contributed by atoms with van der Waals surface area (Å²) in [6, 6.07) is 11.3. The van der Waals surface area contributed by atoms with Gasteiger partial charge in [0.2, 0.25) is 5.88 Å². The summed E-state index contributed by atoms with van der Waals surface area (Å²) >= 11 is 0. The van der Waals surface area contributed by atoms with Crippen molar-refractivity contribution in [2.45, 2.75) is 32.4 Å². The van der Waals surface area contributed by atoms with Crippen LogP contribution in [0.15, 0.2) is 48.8 Å². The first kappa shape index (κ1) is 20.9. The molecule has 1 aliphatic rings. The normalized spacial score (nSPS) is 14.3. The Morgan fingerprint density at radius 1 is 1.23 bits per heavy atom. The summed E-state index contributed by atoms with van der Waals surface area (Å²) in [5.74, 6) is 1.57. The lowest BCUT2D eigenvalue weighted by molar-refractivity contribution is 0.0656. The molecule has 162 valence electrons. The van der Waals surface area contributed by atoms with Crippen molar-refractivity contribution in [1.82, 2.24) is 20.1 Å². The highest BCUT2D eigenvalue weighted by atomic mass is 16.5. The Labute approximate surface area is 181 Å². The molecule has 0 bridgehead atoms. The van der Waals surface area contributed by atoms with Crippen molar-refractivity contribution in [3.8, 4) is 17.4 Å². The molecule has 0 unspecified atom stereocenters. The summed E-state index contributed by atoms with van der Waals surface area (Å²) in [6.45, 7) is 3.66. The van der Waals surface area contributed by atoms with Gasteiger partial charge in [-0.1, -0.05) is 12.1 Å². The molecule has 8 nitrogen and oxygen atoms in total. The number of rotatable bonds is 7. The number of benzene rings is 1. The molecule has 2 aromatic heterocycles. The zero-order chi connectivity index (χ0) is 21.6. The topological polar surface area (TPSA) is 87.5 Å². The van der Waals surface area contributed by atoms with Gasteiger partial charge in [-0.2, -0.15) is 5.10 Å². The highest BCUT2D eigenvalue weighted by Gasteiger charge is 2.22. The number of nitrogens with zero attached hydrogens (tertiary/aromatic N) is 3. The molecule has 4 rings (SSSR count). The second kappa shape index (κ2) is 9.61. The summed E-state index contributed by atoms with van der Waals surface area (Å²) in [7, 11) is 1.60. The van der Waals surface area contributed by atoms with Crippen molar-refractivity contribution in [3.05, 3.63) is 65.6 Å². The average Bonchev–Trinajstić information content (AvgIpc) is 3.20. The van der Waals surface area contributed by atoms with E-state index in [0.29, 0.717) is 22.9 Å². The number of hydrogen-bond acceptors (Lipinski definition) is 6. The molecule has 1 aliphatic heterocycles. The molecule has 1 fully saturated rings. The largest absolute Gasteiger partial charge is 0.497 e. The summed E-state index contributed by atoms with van der Waals surface area (Å²) in [4.78, 5) is 17.1. The molecule has 0 spiro atoms. The van der Waals surface area contributed by atoms with Crippen LogP contribution in [-0.4, -0.2) is 41.0 Å². The van der Waals surface area contributed by atoms with Crippen LogP contribution in [-0.2, 0) is 11.3 Å². The van der Waals surface area contributed by atoms with Crippen LogP contribution in [0.25, 0.3) is 0 Å². The van der Waals surface area contributed by atoms with Gasteiger partial charge in [-0.25, -0.2) is 4.98 Å². The Balaban J connectivity index is 1.44. The predicted molar refractivity (Wildman–Crippen MR) is 115 cm³/mol. The lowest BCUT2D eigenvalue weighted by Gasteiger charge is -2.23. The Hall–Kier alpha value is -3.39. The Morgan fingerprint density at radius 2 is 2.03 bits per heavy atom. The molecule has 3 aromatic rings. The maximum absolute atomic E-state index is 12.8. The van der Waals surface area contributed by atoms with E-state index >= 15 is 0 Å². The van der Waals surface area contributed by atoms with Crippen LogP contribution >= 0.6 is 0 Å². The first-order chi connectivity index (χ1) is 15.2. The van der Waals surface area contributed by atoms with E-state index in [1.165, 1.54) is 0 Å².